The van der Waals surface area contributed by atoms with Gasteiger partial charge in [0.2, 0.25) is 12.0 Å². The molecule has 1 saturated heterocycles. The van der Waals surface area contributed by atoms with Crippen LogP contribution in [0.2, 0.25) is 5.02 Å². The van der Waals surface area contributed by atoms with Gasteiger partial charge in [0, 0.05) is 5.56 Å². The Morgan fingerprint density at radius 3 is 2.44 bits per heavy atom. The van der Waals surface area contributed by atoms with Gasteiger partial charge in [0.25, 0.3) is 5.91 Å². The van der Waals surface area contributed by atoms with E-state index >= 15 is 0 Å². The van der Waals surface area contributed by atoms with Crippen molar-refractivity contribution in [2.75, 3.05) is 4.90 Å². The highest BCUT2D eigenvalue weighted by Crippen LogP contribution is 2.36. The summed E-state index contributed by atoms with van der Waals surface area (Å²) < 4.78 is 26.4. The minimum Gasteiger partial charge on any atom is -0.381 e. The van der Waals surface area contributed by atoms with Gasteiger partial charge in [0.1, 0.15) is 23.3 Å². The Balaban J connectivity index is 1.70. The molecule has 25 heavy (non-hydrogen) atoms. The summed E-state index contributed by atoms with van der Waals surface area (Å²) in [5.41, 5.74) is 0.881. The van der Waals surface area contributed by atoms with Crippen molar-refractivity contribution in [2.24, 2.45) is 11.1 Å². The first-order valence-electron chi connectivity index (χ1n) is 7.30. The topological polar surface area (TPSA) is 59.0 Å². The molecule has 4 rings (SSSR count). The Bertz CT molecular complexity index is 930. The molecule has 2 heterocycles. The third kappa shape index (κ3) is 2.39. The maximum absolute atomic E-state index is 13.3. The number of rotatable bonds is 2. The van der Waals surface area contributed by atoms with Crippen LogP contribution in [-0.2, 0) is 14.4 Å². The second-order valence-corrected chi connectivity index (χ2v) is 6.00. The monoisotopic (exact) mass is 362 g/mol. The maximum atomic E-state index is 13.3. The fraction of sp³-hybridized carbons (Fsp3) is 0.118. The second-order valence-electron chi connectivity index (χ2n) is 5.60. The smallest absolute Gasteiger partial charge is 0.278 e. The summed E-state index contributed by atoms with van der Waals surface area (Å²) in [6, 6.07) is 8.91. The molecule has 0 radical (unpaired) electrons. The summed E-state index contributed by atoms with van der Waals surface area (Å²) in [6.45, 7) is 0. The predicted molar refractivity (Wildman–Crippen MR) is 85.2 cm³/mol. The Morgan fingerprint density at radius 2 is 1.76 bits per heavy atom. The number of hydrogen-bond donors (Lipinski definition) is 0. The van der Waals surface area contributed by atoms with Crippen molar-refractivity contribution in [1.29, 1.82) is 0 Å². The lowest BCUT2D eigenvalue weighted by Gasteiger charge is -2.15. The van der Waals surface area contributed by atoms with E-state index < -0.39 is 35.5 Å². The minimum absolute atomic E-state index is 0.151. The van der Waals surface area contributed by atoms with Crippen LogP contribution in [0.1, 0.15) is 5.56 Å². The van der Waals surface area contributed by atoms with Gasteiger partial charge >= 0.3 is 0 Å². The Kier molecular flexibility index (Phi) is 3.54. The molecule has 0 spiro atoms. The van der Waals surface area contributed by atoms with Crippen LogP contribution in [0.5, 0.6) is 0 Å². The highest BCUT2D eigenvalue weighted by molar-refractivity contribution is 6.34. The molecule has 0 aromatic heterocycles. The molecular weight excluding hydrogens is 354 g/mol. The summed E-state index contributed by atoms with van der Waals surface area (Å²) in [5.74, 6) is -3.20. The molecular formula is C17H9ClF2N2O3. The second kappa shape index (κ2) is 5.63. The molecule has 0 bridgehead atoms. The molecule has 0 N–H and O–H groups in total. The average molecular weight is 363 g/mol. The molecule has 0 unspecified atom stereocenters. The number of fused-ring (bicyclic) bond motifs is 1. The van der Waals surface area contributed by atoms with Crippen molar-refractivity contribution < 1.29 is 23.2 Å². The van der Waals surface area contributed by atoms with E-state index in [-0.39, 0.29) is 16.4 Å². The standard InChI is InChI=1S/C17H9ClF2N2O3/c18-11-7-10(5-6-12(11)20)22-16(23)13-14(21-25-15(13)17(22)24)8-1-3-9(19)4-2-8/h1-7,13,15H/t13-,15+/m0/s1. The Hall–Kier alpha value is -2.80. The number of amides is 2. The first kappa shape index (κ1) is 15.7. The fourth-order valence-corrected chi connectivity index (χ4v) is 3.09. The van der Waals surface area contributed by atoms with Crippen LogP contribution in [0.3, 0.4) is 0 Å². The zero-order valence-corrected chi connectivity index (χ0v) is 13.2. The number of nitrogens with zero attached hydrogens (tertiary/aromatic N) is 2. The Labute approximate surface area is 145 Å². The van der Waals surface area contributed by atoms with Crippen LogP contribution >= 0.6 is 11.6 Å². The maximum Gasteiger partial charge on any atom is 0.278 e. The first-order valence-corrected chi connectivity index (χ1v) is 7.67. The van der Waals surface area contributed by atoms with E-state index in [0.717, 1.165) is 11.0 Å². The number of benzene rings is 2. The van der Waals surface area contributed by atoms with Crippen LogP contribution in [0.25, 0.3) is 0 Å². The predicted octanol–water partition coefficient (Wildman–Crippen LogP) is 2.91. The van der Waals surface area contributed by atoms with Crippen LogP contribution in [0, 0.1) is 17.6 Å². The lowest BCUT2D eigenvalue weighted by Crippen LogP contribution is -2.33. The van der Waals surface area contributed by atoms with Crippen LogP contribution in [-0.4, -0.2) is 23.6 Å². The van der Waals surface area contributed by atoms with Gasteiger partial charge in [0.15, 0.2) is 0 Å². The van der Waals surface area contributed by atoms with E-state index in [1.54, 1.807) is 0 Å². The molecule has 2 aliphatic heterocycles. The molecule has 2 aromatic rings. The summed E-state index contributed by atoms with van der Waals surface area (Å²) >= 11 is 5.73. The fourth-order valence-electron chi connectivity index (χ4n) is 2.92. The van der Waals surface area contributed by atoms with Gasteiger partial charge in [-0.1, -0.05) is 28.9 Å². The summed E-state index contributed by atoms with van der Waals surface area (Å²) in [7, 11) is 0. The molecule has 2 amide bonds. The highest BCUT2D eigenvalue weighted by atomic mass is 35.5. The van der Waals surface area contributed by atoms with Crippen LogP contribution in [0.4, 0.5) is 14.5 Å². The van der Waals surface area contributed by atoms with Gasteiger partial charge in [0.05, 0.1) is 10.7 Å². The molecule has 1 fully saturated rings. The molecule has 2 aromatic carbocycles. The van der Waals surface area contributed by atoms with Crippen molar-refractivity contribution >= 4 is 34.8 Å². The summed E-state index contributed by atoms with van der Waals surface area (Å²) in [4.78, 5) is 31.4. The van der Waals surface area contributed by atoms with E-state index in [1.165, 1.54) is 36.4 Å². The van der Waals surface area contributed by atoms with E-state index in [4.69, 9.17) is 16.4 Å². The molecule has 0 saturated carbocycles. The summed E-state index contributed by atoms with van der Waals surface area (Å²) in [6.07, 6.45) is -1.10. The summed E-state index contributed by atoms with van der Waals surface area (Å²) in [5, 5.41) is 3.62. The third-order valence-corrected chi connectivity index (χ3v) is 4.40. The van der Waals surface area contributed by atoms with Crippen LogP contribution < -0.4 is 4.90 Å². The lowest BCUT2D eigenvalue weighted by atomic mass is 9.94. The number of imide groups is 1. The van der Waals surface area contributed by atoms with Gasteiger partial charge in [-0.2, -0.15) is 0 Å². The van der Waals surface area contributed by atoms with E-state index in [2.05, 4.69) is 5.16 Å². The number of carbonyl (C=O) groups is 2. The number of carbonyl (C=O) groups excluding carboxylic acids is 2. The quantitative estimate of drug-likeness (QED) is 0.772. The molecule has 2 atom stereocenters. The molecule has 0 aliphatic carbocycles. The number of halogens is 3. The number of hydrogen-bond acceptors (Lipinski definition) is 4. The van der Waals surface area contributed by atoms with Crippen molar-refractivity contribution in [3.63, 3.8) is 0 Å². The molecule has 2 aliphatic rings. The lowest BCUT2D eigenvalue weighted by molar-refractivity contribution is -0.126. The van der Waals surface area contributed by atoms with Crippen molar-refractivity contribution in [3.8, 4) is 0 Å². The van der Waals surface area contributed by atoms with Gasteiger partial charge in [-0.05, 0) is 30.3 Å². The van der Waals surface area contributed by atoms with Crippen molar-refractivity contribution in [1.82, 2.24) is 0 Å². The Morgan fingerprint density at radius 1 is 1.04 bits per heavy atom. The van der Waals surface area contributed by atoms with Crippen molar-refractivity contribution in [3.05, 3.63) is 64.7 Å². The zero-order chi connectivity index (χ0) is 17.7. The minimum atomic E-state index is -1.10. The number of oxime groups is 1. The molecule has 8 heteroatoms. The zero-order valence-electron chi connectivity index (χ0n) is 12.4. The van der Waals surface area contributed by atoms with E-state index in [0.29, 0.717) is 5.56 Å². The van der Waals surface area contributed by atoms with E-state index in [9.17, 15) is 18.4 Å². The van der Waals surface area contributed by atoms with Gasteiger partial charge < -0.3 is 4.84 Å². The van der Waals surface area contributed by atoms with Gasteiger partial charge in [-0.3, -0.25) is 9.59 Å². The van der Waals surface area contributed by atoms with E-state index in [1.807, 2.05) is 0 Å². The van der Waals surface area contributed by atoms with Gasteiger partial charge in [-0.25, -0.2) is 13.7 Å². The highest BCUT2D eigenvalue weighted by Gasteiger charge is 2.56. The third-order valence-electron chi connectivity index (χ3n) is 4.11. The first-order chi connectivity index (χ1) is 12.0. The number of anilines is 1. The largest absolute Gasteiger partial charge is 0.381 e. The van der Waals surface area contributed by atoms with Gasteiger partial charge in [-0.15, -0.1) is 0 Å². The molecule has 5 nitrogen and oxygen atoms in total. The van der Waals surface area contributed by atoms with Crippen LogP contribution in [0.15, 0.2) is 47.6 Å². The van der Waals surface area contributed by atoms with Crippen molar-refractivity contribution in [2.45, 2.75) is 6.10 Å². The SMILES string of the molecule is O=C1[C@H]2C(c3ccc(F)cc3)=NO[C@H]2C(=O)N1c1ccc(F)c(Cl)c1. The molecule has 126 valence electrons. The average Bonchev–Trinajstić information content (AvgIpc) is 3.12. The normalized spacial score (nSPS) is 22.0.